The molecule has 0 spiro atoms. The highest BCUT2D eigenvalue weighted by Crippen LogP contribution is 2.22. The second-order valence-corrected chi connectivity index (χ2v) is 26.4. The Kier molecular flexibility index (Phi) is 34.5. The molecule has 31 nitrogen and oxygen atoms in total. The zero-order valence-corrected chi connectivity index (χ0v) is 59.4. The Bertz CT molecular complexity index is 3560. The Morgan fingerprint density at radius 1 is 0.529 bits per heavy atom. The maximum absolute atomic E-state index is 14.9. The zero-order valence-electron chi connectivity index (χ0n) is 59.4. The van der Waals surface area contributed by atoms with E-state index < -0.39 is 187 Å². The van der Waals surface area contributed by atoms with E-state index in [9.17, 15) is 82.4 Å². The third-order valence-corrected chi connectivity index (χ3v) is 17.4. The van der Waals surface area contributed by atoms with Crippen molar-refractivity contribution in [2.45, 2.75) is 185 Å². The van der Waals surface area contributed by atoms with Crippen LogP contribution in [0.15, 0.2) is 121 Å². The zero-order chi connectivity index (χ0) is 76.6. The van der Waals surface area contributed by atoms with E-state index in [1.807, 2.05) is 0 Å². The van der Waals surface area contributed by atoms with Gasteiger partial charge in [0.25, 0.3) is 0 Å². The van der Waals surface area contributed by atoms with E-state index >= 15 is 0 Å². The molecule has 0 radical (unpaired) electrons. The number of carboxylic acids is 1. The summed E-state index contributed by atoms with van der Waals surface area (Å²) in [4.78, 5) is 191. The summed E-state index contributed by atoms with van der Waals surface area (Å²) in [5, 5.41) is 59.3. The molecule has 564 valence electrons. The van der Waals surface area contributed by atoms with Gasteiger partial charge in [-0.25, -0.2) is 0 Å². The lowest BCUT2D eigenvalue weighted by atomic mass is 9.97. The van der Waals surface area contributed by atoms with Gasteiger partial charge in [-0.2, -0.15) is 0 Å². The third-order valence-electron chi connectivity index (χ3n) is 17.4. The first-order valence-corrected chi connectivity index (χ1v) is 34.7. The Morgan fingerprint density at radius 3 is 1.49 bits per heavy atom. The van der Waals surface area contributed by atoms with Crippen molar-refractivity contribution < 1.29 is 82.4 Å². The van der Waals surface area contributed by atoms with Crippen LogP contribution in [0, 0.1) is 11.8 Å². The normalized spacial score (nSPS) is 16.0. The first kappa shape index (κ1) is 84.0. The summed E-state index contributed by atoms with van der Waals surface area (Å²) in [6, 6.07) is 20.2. The van der Waals surface area contributed by atoms with Gasteiger partial charge >= 0.3 is 5.97 Å². The molecule has 1 fully saturated rings. The minimum absolute atomic E-state index is 0.000185. The Morgan fingerprint density at radius 2 is 0.990 bits per heavy atom. The number of aliphatic hydroxyl groups is 2. The van der Waals surface area contributed by atoms with Crippen molar-refractivity contribution in [1.29, 1.82) is 0 Å². The first-order chi connectivity index (χ1) is 49.5. The van der Waals surface area contributed by atoms with Crippen molar-refractivity contribution in [3.8, 4) is 0 Å². The number of carboxylic acid groups (broad SMARTS) is 1. The number of hydrogen-bond acceptors (Lipinski definition) is 17. The van der Waals surface area contributed by atoms with Crippen molar-refractivity contribution in [2.75, 3.05) is 26.2 Å². The Hall–Kier alpha value is -10.7. The molecular formula is C73H100N14O17. The molecule has 0 saturated carbocycles. The van der Waals surface area contributed by atoms with Gasteiger partial charge in [0.05, 0.1) is 31.7 Å². The number of aliphatic carboxylic acids is 1. The summed E-state index contributed by atoms with van der Waals surface area (Å²) >= 11 is 0. The predicted molar refractivity (Wildman–Crippen MR) is 381 cm³/mol. The molecule has 13 amide bonds. The van der Waals surface area contributed by atoms with E-state index in [-0.39, 0.29) is 64.0 Å². The molecule has 0 aromatic heterocycles. The van der Waals surface area contributed by atoms with Gasteiger partial charge in [-0.3, -0.25) is 67.1 Å². The quantitative estimate of drug-likeness (QED) is 0.0230. The van der Waals surface area contributed by atoms with Crippen LogP contribution < -0.4 is 70.0 Å². The molecule has 104 heavy (non-hydrogen) atoms. The van der Waals surface area contributed by atoms with Gasteiger partial charge in [0.1, 0.15) is 54.4 Å². The molecule has 31 heteroatoms. The molecule has 4 aromatic rings. The number of carbonyl (C=O) groups is 14. The fraction of sp³-hybridized carbons (Fsp3) is 0.479. The number of nitrogens with zero attached hydrogens (tertiary/aromatic N) is 1. The number of aliphatic hydroxyl groups excluding tert-OH is 2. The van der Waals surface area contributed by atoms with E-state index in [1.165, 1.54) is 11.8 Å². The second-order valence-electron chi connectivity index (χ2n) is 26.4. The van der Waals surface area contributed by atoms with Gasteiger partial charge in [-0.05, 0) is 79.5 Å². The molecule has 1 aliphatic rings. The van der Waals surface area contributed by atoms with Crippen LogP contribution in [-0.4, -0.2) is 202 Å². The molecule has 1 heterocycles. The number of amides is 13. The highest BCUT2D eigenvalue weighted by Gasteiger charge is 2.42. The van der Waals surface area contributed by atoms with Gasteiger partial charge in [0.15, 0.2) is 0 Å². The minimum Gasteiger partial charge on any atom is -0.481 e. The Balaban J connectivity index is 1.28. The summed E-state index contributed by atoms with van der Waals surface area (Å²) < 4.78 is 0. The maximum Gasteiger partial charge on any atom is 0.303 e. The Labute approximate surface area is 604 Å². The average Bonchev–Trinajstić information content (AvgIpc) is 1.55. The van der Waals surface area contributed by atoms with Crippen LogP contribution in [0.5, 0.6) is 0 Å². The number of nitrogens with two attached hydrogens (primary N) is 2. The van der Waals surface area contributed by atoms with Crippen LogP contribution in [0.2, 0.25) is 0 Å². The van der Waals surface area contributed by atoms with E-state index in [0.717, 1.165) is 12.5 Å². The molecule has 5 rings (SSSR count). The van der Waals surface area contributed by atoms with Gasteiger partial charge in [0.2, 0.25) is 76.8 Å². The van der Waals surface area contributed by atoms with Crippen LogP contribution in [-0.2, 0) is 92.8 Å². The SMILES string of the molecule is CC[C@H](C)[C@H](NC(=O)[C@@H]1CCCN1C(=O)[C@H](Cc1ccccc1)NC(=O)[C@H](CC(N)=O)NC(=O)[C@H](CC(C)C)NC(=O)[C@@H](NC(C)=O)[C@@H](C)O)C(=O)N[C@@H](CO)C(=O)NCC(=O)N[C@H](CN[C@@H](Cc1ccccc1)C(=O)N[C@@H](CCC(=O)O)C(=O)N[C@@H](Cc1ccccc1)C(N)=O)Cc1ccccc1. The van der Waals surface area contributed by atoms with Crippen molar-refractivity contribution in [3.05, 3.63) is 144 Å². The van der Waals surface area contributed by atoms with Gasteiger partial charge < -0.3 is 90.2 Å². The van der Waals surface area contributed by atoms with Gasteiger partial charge in [-0.1, -0.05) is 155 Å². The van der Waals surface area contributed by atoms with Crippen LogP contribution in [0.25, 0.3) is 0 Å². The minimum atomic E-state index is -1.71. The van der Waals surface area contributed by atoms with Crippen molar-refractivity contribution in [2.24, 2.45) is 23.3 Å². The molecule has 1 saturated heterocycles. The van der Waals surface area contributed by atoms with Crippen LogP contribution >= 0.6 is 0 Å². The lowest BCUT2D eigenvalue weighted by Crippen LogP contribution is -2.61. The third kappa shape index (κ3) is 28.3. The van der Waals surface area contributed by atoms with Crippen LogP contribution in [0.3, 0.4) is 0 Å². The predicted octanol–water partition coefficient (Wildman–Crippen LogP) is -1.90. The van der Waals surface area contributed by atoms with E-state index in [1.54, 1.807) is 149 Å². The summed E-state index contributed by atoms with van der Waals surface area (Å²) in [6.45, 7) is 7.54. The highest BCUT2D eigenvalue weighted by molar-refractivity contribution is 6.00. The van der Waals surface area contributed by atoms with E-state index in [2.05, 4.69) is 58.5 Å². The molecule has 0 bridgehead atoms. The fourth-order valence-corrected chi connectivity index (χ4v) is 11.7. The lowest BCUT2D eigenvalue weighted by molar-refractivity contribution is -0.143. The number of benzene rings is 4. The van der Waals surface area contributed by atoms with E-state index in [4.69, 9.17) is 11.5 Å². The molecule has 18 N–H and O–H groups in total. The summed E-state index contributed by atoms with van der Waals surface area (Å²) in [6.07, 6.45) is -2.24. The second kappa shape index (κ2) is 42.7. The summed E-state index contributed by atoms with van der Waals surface area (Å²) in [7, 11) is 0. The molecular weight excluding hydrogens is 1340 g/mol. The van der Waals surface area contributed by atoms with Crippen LogP contribution in [0.4, 0.5) is 0 Å². The molecule has 4 aromatic carbocycles. The van der Waals surface area contributed by atoms with Gasteiger partial charge in [0, 0.05) is 45.3 Å². The number of nitrogens with one attached hydrogen (secondary N) is 11. The molecule has 0 aliphatic carbocycles. The monoisotopic (exact) mass is 1440 g/mol. The van der Waals surface area contributed by atoms with Crippen LogP contribution in [0.1, 0.15) is 109 Å². The number of rotatable bonds is 43. The highest BCUT2D eigenvalue weighted by atomic mass is 16.4. The van der Waals surface area contributed by atoms with Gasteiger partial charge in [-0.15, -0.1) is 0 Å². The number of likely N-dealkylation sites (tertiary alicyclic amines) is 1. The molecule has 0 unspecified atom stereocenters. The standard InChI is InChI=1S/C73H100N14O17/c1-7-43(4)62(86-70(101)58-29-20-32-87(58)73(104)56(37-49-27-18-11-19-28-49)84-69(100)55(38-59(74)91)82-68(99)54(33-42(2)3)83-72(103)63(44(5)89)78-45(6)90)71(102)85-57(41-88)65(96)77-40-60(92)79-50(34-46-21-12-8-13-22-46)39-76-53(36-48-25-16-10-17-26-48)67(98)80-51(30-31-61(93)94)66(97)81-52(64(75)95)35-47-23-14-9-15-24-47/h8-19,21-28,42-44,50-58,62-63,76,88-89H,7,20,29-41H2,1-6H3,(H2,74,91)(H2,75,95)(H,77,96)(H,78,90)(H,79,92)(H,80,98)(H,81,97)(H,82,99)(H,83,103)(H,84,100)(H,85,102)(H,86,101)(H,93,94)/t43-,44+,50-,51-,52-,53-,54-,55-,56-,57-,58-,62-,63-/m0/s1. The molecule has 13 atom stereocenters. The fourth-order valence-electron chi connectivity index (χ4n) is 11.7. The number of primary amides is 2. The topological polar surface area (TPSA) is 487 Å². The summed E-state index contributed by atoms with van der Waals surface area (Å²) in [5.41, 5.74) is 13.9. The largest absolute Gasteiger partial charge is 0.481 e. The van der Waals surface area contributed by atoms with Crippen molar-refractivity contribution in [1.82, 2.24) is 63.4 Å². The summed E-state index contributed by atoms with van der Waals surface area (Å²) in [5.74, 6) is -13.2. The number of hydrogen-bond donors (Lipinski definition) is 16. The number of carbonyl (C=O) groups excluding carboxylic acids is 13. The van der Waals surface area contributed by atoms with Crippen molar-refractivity contribution >= 4 is 82.8 Å². The first-order valence-electron chi connectivity index (χ1n) is 34.7. The lowest BCUT2D eigenvalue weighted by Gasteiger charge is -2.32. The van der Waals surface area contributed by atoms with Crippen molar-refractivity contribution in [3.63, 3.8) is 0 Å². The average molecular weight is 1450 g/mol. The molecule has 1 aliphatic heterocycles. The smallest absolute Gasteiger partial charge is 0.303 e. The maximum atomic E-state index is 14.9. The van der Waals surface area contributed by atoms with E-state index in [0.29, 0.717) is 29.5 Å².